The van der Waals surface area contributed by atoms with E-state index in [9.17, 15) is 0 Å². The molecule has 0 aromatic rings. The zero-order chi connectivity index (χ0) is 7.40. The zero-order valence-electron chi connectivity index (χ0n) is 6.89. The van der Waals surface area contributed by atoms with E-state index in [0.717, 1.165) is 0 Å². The molecule has 0 fully saturated rings. The monoisotopic (exact) mass is 140 g/mol. The van der Waals surface area contributed by atoms with E-state index in [1.165, 1.54) is 31.3 Å². The lowest BCUT2D eigenvalue weighted by Gasteiger charge is -2.12. The van der Waals surface area contributed by atoms with Gasteiger partial charge in [-0.2, -0.15) is 0 Å². The van der Waals surface area contributed by atoms with Crippen LogP contribution in [0, 0.1) is 0 Å². The van der Waals surface area contributed by atoms with Gasteiger partial charge in [0.05, 0.1) is 6.10 Å². The summed E-state index contributed by atoms with van der Waals surface area (Å²) in [7, 11) is 1.80. The van der Waals surface area contributed by atoms with Crippen LogP contribution in [0.3, 0.4) is 0 Å². The summed E-state index contributed by atoms with van der Waals surface area (Å²) in [5.74, 6) is 0. The number of hydrogen-bond donors (Lipinski definition) is 0. The Kier molecular flexibility index (Phi) is 2.94. The van der Waals surface area contributed by atoms with E-state index in [0.29, 0.717) is 6.10 Å². The Hall–Kier alpha value is -0.300. The van der Waals surface area contributed by atoms with Crippen LogP contribution in [-0.4, -0.2) is 13.2 Å². The molecule has 0 heterocycles. The van der Waals surface area contributed by atoms with Crippen LogP contribution < -0.4 is 0 Å². The van der Waals surface area contributed by atoms with Crippen molar-refractivity contribution in [2.75, 3.05) is 7.11 Å². The summed E-state index contributed by atoms with van der Waals surface area (Å²) in [6.07, 6.45) is 7.80. The Morgan fingerprint density at radius 3 is 3.00 bits per heavy atom. The second-order valence-corrected chi connectivity index (χ2v) is 2.96. The Balaban J connectivity index is 2.51. The van der Waals surface area contributed by atoms with Gasteiger partial charge in [-0.05, 0) is 31.8 Å². The third-order valence-electron chi connectivity index (χ3n) is 2.18. The average Bonchev–Trinajstić information content (AvgIpc) is 2.13. The molecule has 0 bridgehead atoms. The molecule has 0 aliphatic heterocycles. The highest BCUT2D eigenvalue weighted by Gasteiger charge is 2.10. The Bertz CT molecular complexity index is 127. The minimum Gasteiger partial charge on any atom is -0.377 e. The standard InChI is InChI=1S/C9H16O/c1-8-6-4-3-5-7-9(8)10-2/h6,9H,3-5,7H2,1-2H3. The molecular formula is C9H16O. The molecule has 0 radical (unpaired) electrons. The average molecular weight is 140 g/mol. The molecule has 1 nitrogen and oxygen atoms in total. The van der Waals surface area contributed by atoms with Crippen LogP contribution in [0.1, 0.15) is 32.6 Å². The highest BCUT2D eigenvalue weighted by Crippen LogP contribution is 2.19. The van der Waals surface area contributed by atoms with Crippen molar-refractivity contribution in [2.45, 2.75) is 38.7 Å². The molecule has 0 spiro atoms. The molecule has 0 aromatic carbocycles. The van der Waals surface area contributed by atoms with Gasteiger partial charge < -0.3 is 4.74 Å². The lowest BCUT2D eigenvalue weighted by Crippen LogP contribution is -2.10. The first-order chi connectivity index (χ1) is 4.84. The van der Waals surface area contributed by atoms with Gasteiger partial charge in [-0.3, -0.25) is 0 Å². The van der Waals surface area contributed by atoms with E-state index < -0.39 is 0 Å². The Morgan fingerprint density at radius 1 is 1.50 bits per heavy atom. The van der Waals surface area contributed by atoms with Crippen molar-refractivity contribution >= 4 is 0 Å². The van der Waals surface area contributed by atoms with Gasteiger partial charge in [0.2, 0.25) is 0 Å². The van der Waals surface area contributed by atoms with Gasteiger partial charge in [0, 0.05) is 7.11 Å². The van der Waals surface area contributed by atoms with Gasteiger partial charge in [-0.1, -0.05) is 12.5 Å². The third kappa shape index (κ3) is 1.84. The van der Waals surface area contributed by atoms with Crippen LogP contribution in [0.2, 0.25) is 0 Å². The summed E-state index contributed by atoms with van der Waals surface area (Å²) < 4.78 is 5.32. The minimum absolute atomic E-state index is 0.405. The maximum Gasteiger partial charge on any atom is 0.0778 e. The summed E-state index contributed by atoms with van der Waals surface area (Å²) in [6, 6.07) is 0. The molecule has 0 N–H and O–H groups in total. The molecule has 0 saturated carbocycles. The quantitative estimate of drug-likeness (QED) is 0.508. The number of methoxy groups -OCH3 is 1. The third-order valence-corrected chi connectivity index (χ3v) is 2.18. The number of rotatable bonds is 1. The predicted molar refractivity (Wildman–Crippen MR) is 43.0 cm³/mol. The van der Waals surface area contributed by atoms with Crippen LogP contribution in [0.5, 0.6) is 0 Å². The van der Waals surface area contributed by atoms with Crippen LogP contribution >= 0.6 is 0 Å². The minimum atomic E-state index is 0.405. The summed E-state index contributed by atoms with van der Waals surface area (Å²) in [5, 5.41) is 0. The molecule has 0 saturated heterocycles. The SMILES string of the molecule is COC1CCCCC=C1C. The maximum absolute atomic E-state index is 5.32. The molecule has 0 amide bonds. The fourth-order valence-electron chi connectivity index (χ4n) is 1.47. The van der Waals surface area contributed by atoms with Gasteiger partial charge in [-0.25, -0.2) is 0 Å². The van der Waals surface area contributed by atoms with Crippen molar-refractivity contribution in [3.8, 4) is 0 Å². The number of ether oxygens (including phenoxy) is 1. The van der Waals surface area contributed by atoms with E-state index in [1.807, 2.05) is 0 Å². The van der Waals surface area contributed by atoms with Gasteiger partial charge in [0.15, 0.2) is 0 Å². The van der Waals surface area contributed by atoms with Crippen molar-refractivity contribution in [3.05, 3.63) is 11.6 Å². The number of allylic oxidation sites excluding steroid dienone is 1. The maximum atomic E-state index is 5.32. The molecule has 1 aliphatic rings. The Morgan fingerprint density at radius 2 is 2.30 bits per heavy atom. The largest absolute Gasteiger partial charge is 0.377 e. The number of hydrogen-bond acceptors (Lipinski definition) is 1. The van der Waals surface area contributed by atoms with Gasteiger partial charge in [0.1, 0.15) is 0 Å². The van der Waals surface area contributed by atoms with Crippen LogP contribution in [-0.2, 0) is 4.74 Å². The van der Waals surface area contributed by atoms with Gasteiger partial charge >= 0.3 is 0 Å². The van der Waals surface area contributed by atoms with E-state index in [-0.39, 0.29) is 0 Å². The summed E-state index contributed by atoms with van der Waals surface area (Å²) in [4.78, 5) is 0. The van der Waals surface area contributed by atoms with Gasteiger partial charge in [-0.15, -0.1) is 0 Å². The Labute approximate surface area is 63.1 Å². The molecule has 1 atom stereocenters. The van der Waals surface area contributed by atoms with Crippen LogP contribution in [0.15, 0.2) is 11.6 Å². The lowest BCUT2D eigenvalue weighted by molar-refractivity contribution is 0.123. The molecule has 1 aliphatic carbocycles. The first kappa shape index (κ1) is 7.80. The zero-order valence-corrected chi connectivity index (χ0v) is 6.89. The second-order valence-electron chi connectivity index (χ2n) is 2.96. The smallest absolute Gasteiger partial charge is 0.0778 e. The molecular weight excluding hydrogens is 124 g/mol. The highest BCUT2D eigenvalue weighted by molar-refractivity contribution is 5.06. The first-order valence-electron chi connectivity index (χ1n) is 4.04. The summed E-state index contributed by atoms with van der Waals surface area (Å²) in [6.45, 7) is 2.17. The van der Waals surface area contributed by atoms with E-state index in [1.54, 1.807) is 7.11 Å². The highest BCUT2D eigenvalue weighted by atomic mass is 16.5. The summed E-state index contributed by atoms with van der Waals surface area (Å²) in [5.41, 5.74) is 1.42. The van der Waals surface area contributed by atoms with Crippen molar-refractivity contribution in [1.82, 2.24) is 0 Å². The van der Waals surface area contributed by atoms with Crippen LogP contribution in [0.4, 0.5) is 0 Å². The molecule has 10 heavy (non-hydrogen) atoms. The molecule has 1 unspecified atom stereocenters. The predicted octanol–water partition coefficient (Wildman–Crippen LogP) is 2.52. The summed E-state index contributed by atoms with van der Waals surface area (Å²) >= 11 is 0. The normalized spacial score (nSPS) is 27.4. The second kappa shape index (κ2) is 3.77. The van der Waals surface area contributed by atoms with E-state index in [2.05, 4.69) is 13.0 Å². The lowest BCUT2D eigenvalue weighted by atomic mass is 10.1. The fourth-order valence-corrected chi connectivity index (χ4v) is 1.47. The molecule has 58 valence electrons. The first-order valence-corrected chi connectivity index (χ1v) is 4.04. The van der Waals surface area contributed by atoms with Gasteiger partial charge in [0.25, 0.3) is 0 Å². The van der Waals surface area contributed by atoms with Crippen molar-refractivity contribution in [1.29, 1.82) is 0 Å². The van der Waals surface area contributed by atoms with Crippen molar-refractivity contribution in [3.63, 3.8) is 0 Å². The molecule has 1 heteroatoms. The van der Waals surface area contributed by atoms with Crippen molar-refractivity contribution in [2.24, 2.45) is 0 Å². The van der Waals surface area contributed by atoms with Crippen LogP contribution in [0.25, 0.3) is 0 Å². The van der Waals surface area contributed by atoms with E-state index in [4.69, 9.17) is 4.74 Å². The molecule has 0 aromatic heterocycles. The molecule has 1 rings (SSSR count). The van der Waals surface area contributed by atoms with Crippen molar-refractivity contribution < 1.29 is 4.74 Å². The topological polar surface area (TPSA) is 9.23 Å². The van der Waals surface area contributed by atoms with E-state index >= 15 is 0 Å². The fraction of sp³-hybridized carbons (Fsp3) is 0.778.